The molecule has 1 aromatic carbocycles. The highest BCUT2D eigenvalue weighted by Crippen LogP contribution is 2.15. The summed E-state index contributed by atoms with van der Waals surface area (Å²) in [6.07, 6.45) is 24.1. The highest BCUT2D eigenvalue weighted by atomic mass is 35.5. The van der Waals surface area contributed by atoms with Gasteiger partial charge in [-0.05, 0) is 30.5 Å². The maximum Gasteiger partial charge on any atom is 0.0406 e. The maximum atomic E-state index is 5.91. The van der Waals surface area contributed by atoms with Crippen molar-refractivity contribution in [3.05, 3.63) is 34.9 Å². The van der Waals surface area contributed by atoms with Crippen molar-refractivity contribution in [1.29, 1.82) is 0 Å². The molecule has 0 aliphatic carbocycles. The number of unbranched alkanes of at least 4 members (excludes halogenated alkanes) is 15. The van der Waals surface area contributed by atoms with Gasteiger partial charge >= 0.3 is 0 Å². The third-order valence-electron chi connectivity index (χ3n) is 5.23. The first-order chi connectivity index (χ1) is 12.3. The van der Waals surface area contributed by atoms with Gasteiger partial charge in [0.2, 0.25) is 0 Å². The highest BCUT2D eigenvalue weighted by Gasteiger charge is 1.96. The van der Waals surface area contributed by atoms with E-state index in [1.807, 2.05) is 12.1 Å². The zero-order valence-electron chi connectivity index (χ0n) is 16.7. The zero-order chi connectivity index (χ0) is 18.0. The molecular formula is C24H41Cl. The number of benzene rings is 1. The van der Waals surface area contributed by atoms with Crippen LogP contribution in [0.1, 0.15) is 115 Å². The average molecular weight is 365 g/mol. The topological polar surface area (TPSA) is 0 Å². The lowest BCUT2D eigenvalue weighted by atomic mass is 10.0. The molecule has 0 amide bonds. The molecule has 0 atom stereocenters. The minimum Gasteiger partial charge on any atom is -0.0843 e. The Labute approximate surface area is 162 Å². The molecule has 0 aliphatic rings. The molecule has 0 aromatic heterocycles. The smallest absolute Gasteiger partial charge is 0.0406 e. The van der Waals surface area contributed by atoms with E-state index in [9.17, 15) is 0 Å². The van der Waals surface area contributed by atoms with Gasteiger partial charge in [-0.3, -0.25) is 0 Å². The zero-order valence-corrected chi connectivity index (χ0v) is 17.5. The molecule has 1 rings (SSSR count). The number of hydrogen-bond donors (Lipinski definition) is 0. The average Bonchev–Trinajstić information content (AvgIpc) is 2.63. The van der Waals surface area contributed by atoms with E-state index in [0.717, 1.165) is 5.02 Å². The minimum absolute atomic E-state index is 0.843. The first-order valence-electron chi connectivity index (χ1n) is 11.1. The maximum absolute atomic E-state index is 5.91. The van der Waals surface area contributed by atoms with Gasteiger partial charge in [0.15, 0.2) is 0 Å². The molecule has 144 valence electrons. The van der Waals surface area contributed by atoms with Crippen LogP contribution in [-0.2, 0) is 6.42 Å². The Morgan fingerprint density at radius 1 is 0.520 bits per heavy atom. The van der Waals surface area contributed by atoms with Gasteiger partial charge in [-0.25, -0.2) is 0 Å². The predicted octanol–water partition coefficient (Wildman–Crippen LogP) is 9.14. The van der Waals surface area contributed by atoms with E-state index in [1.54, 1.807) is 0 Å². The lowest BCUT2D eigenvalue weighted by Gasteiger charge is -2.04. The molecule has 0 heterocycles. The molecule has 1 aromatic rings. The molecule has 0 spiro atoms. The second-order valence-electron chi connectivity index (χ2n) is 7.68. The van der Waals surface area contributed by atoms with Crippen LogP contribution in [-0.4, -0.2) is 0 Å². The second-order valence-corrected chi connectivity index (χ2v) is 8.12. The molecule has 0 bridgehead atoms. The summed E-state index contributed by atoms with van der Waals surface area (Å²) >= 11 is 5.91. The van der Waals surface area contributed by atoms with Crippen molar-refractivity contribution >= 4 is 11.6 Å². The molecule has 0 fully saturated rings. The van der Waals surface area contributed by atoms with Gasteiger partial charge in [0, 0.05) is 5.02 Å². The summed E-state index contributed by atoms with van der Waals surface area (Å²) in [6.45, 7) is 2.29. The number of hydrogen-bond acceptors (Lipinski definition) is 0. The fourth-order valence-corrected chi connectivity index (χ4v) is 3.65. The van der Waals surface area contributed by atoms with Gasteiger partial charge in [-0.2, -0.15) is 0 Å². The van der Waals surface area contributed by atoms with Crippen LogP contribution in [0.4, 0.5) is 0 Å². The molecule has 0 nitrogen and oxygen atoms in total. The predicted molar refractivity (Wildman–Crippen MR) is 115 cm³/mol. The van der Waals surface area contributed by atoms with E-state index in [0.29, 0.717) is 0 Å². The van der Waals surface area contributed by atoms with Crippen molar-refractivity contribution in [3.63, 3.8) is 0 Å². The van der Waals surface area contributed by atoms with E-state index in [-0.39, 0.29) is 0 Å². The summed E-state index contributed by atoms with van der Waals surface area (Å²) in [5.41, 5.74) is 1.43. The highest BCUT2D eigenvalue weighted by molar-refractivity contribution is 6.30. The molecule has 0 N–H and O–H groups in total. The van der Waals surface area contributed by atoms with Crippen molar-refractivity contribution in [2.24, 2.45) is 0 Å². The Kier molecular flexibility index (Phi) is 15.3. The fraction of sp³-hybridized carbons (Fsp3) is 0.750. The van der Waals surface area contributed by atoms with Gasteiger partial charge in [-0.15, -0.1) is 0 Å². The Morgan fingerprint density at radius 2 is 0.880 bits per heavy atom. The monoisotopic (exact) mass is 364 g/mol. The molecule has 0 saturated carbocycles. The third-order valence-corrected chi connectivity index (χ3v) is 5.48. The largest absolute Gasteiger partial charge is 0.0843 e. The van der Waals surface area contributed by atoms with Gasteiger partial charge in [0.05, 0.1) is 0 Å². The van der Waals surface area contributed by atoms with Crippen LogP contribution in [0.15, 0.2) is 24.3 Å². The van der Waals surface area contributed by atoms with Gasteiger partial charge < -0.3 is 0 Å². The quantitative estimate of drug-likeness (QED) is 0.242. The molecular weight excluding hydrogens is 324 g/mol. The Bertz CT molecular complexity index is 382. The Morgan fingerprint density at radius 3 is 1.28 bits per heavy atom. The van der Waals surface area contributed by atoms with E-state index in [1.165, 1.54) is 115 Å². The van der Waals surface area contributed by atoms with Crippen LogP contribution < -0.4 is 0 Å². The van der Waals surface area contributed by atoms with Crippen molar-refractivity contribution in [2.75, 3.05) is 0 Å². The van der Waals surface area contributed by atoms with Gasteiger partial charge in [-0.1, -0.05) is 127 Å². The van der Waals surface area contributed by atoms with Crippen LogP contribution >= 0.6 is 11.6 Å². The van der Waals surface area contributed by atoms with Crippen LogP contribution in [0, 0.1) is 0 Å². The SMILES string of the molecule is CCCCCCCCCCCCCCCCCCc1ccc(Cl)cc1. The summed E-state index contributed by atoms with van der Waals surface area (Å²) in [5, 5.41) is 0.843. The molecule has 1 heteroatoms. The molecule has 0 aliphatic heterocycles. The van der Waals surface area contributed by atoms with E-state index < -0.39 is 0 Å². The van der Waals surface area contributed by atoms with E-state index in [4.69, 9.17) is 11.6 Å². The lowest BCUT2D eigenvalue weighted by molar-refractivity contribution is 0.529. The molecule has 0 unspecified atom stereocenters. The van der Waals surface area contributed by atoms with Gasteiger partial charge in [0.1, 0.15) is 0 Å². The minimum atomic E-state index is 0.843. The summed E-state index contributed by atoms with van der Waals surface area (Å²) in [4.78, 5) is 0. The standard InChI is InChI=1S/C24H41Cl/c1-2-3-4-5-6-7-8-9-10-11-12-13-14-15-16-17-18-23-19-21-24(25)22-20-23/h19-22H,2-18H2,1H3. The lowest BCUT2D eigenvalue weighted by Crippen LogP contribution is -1.86. The van der Waals surface area contributed by atoms with Crippen LogP contribution in [0.3, 0.4) is 0 Å². The van der Waals surface area contributed by atoms with E-state index in [2.05, 4.69) is 19.1 Å². The summed E-state index contributed by atoms with van der Waals surface area (Å²) in [6, 6.07) is 8.33. The first-order valence-corrected chi connectivity index (χ1v) is 11.4. The second kappa shape index (κ2) is 17.0. The molecule has 0 radical (unpaired) electrons. The first kappa shape index (κ1) is 22.6. The summed E-state index contributed by atoms with van der Waals surface area (Å²) in [7, 11) is 0. The number of rotatable bonds is 17. The van der Waals surface area contributed by atoms with Crippen molar-refractivity contribution in [2.45, 2.75) is 116 Å². The fourth-order valence-electron chi connectivity index (χ4n) is 3.53. The van der Waals surface area contributed by atoms with E-state index >= 15 is 0 Å². The Balaban J connectivity index is 1.74. The van der Waals surface area contributed by atoms with Crippen molar-refractivity contribution in [1.82, 2.24) is 0 Å². The van der Waals surface area contributed by atoms with Crippen molar-refractivity contribution < 1.29 is 0 Å². The van der Waals surface area contributed by atoms with Crippen LogP contribution in [0.2, 0.25) is 5.02 Å². The molecule has 0 saturated heterocycles. The van der Waals surface area contributed by atoms with Crippen LogP contribution in [0.25, 0.3) is 0 Å². The Hall–Kier alpha value is -0.490. The van der Waals surface area contributed by atoms with Gasteiger partial charge in [0.25, 0.3) is 0 Å². The third kappa shape index (κ3) is 14.4. The number of halogens is 1. The summed E-state index contributed by atoms with van der Waals surface area (Å²) in [5.74, 6) is 0. The number of aryl methyl sites for hydroxylation is 1. The van der Waals surface area contributed by atoms with Crippen molar-refractivity contribution in [3.8, 4) is 0 Å². The normalized spacial score (nSPS) is 11.1. The molecule has 25 heavy (non-hydrogen) atoms. The summed E-state index contributed by atoms with van der Waals surface area (Å²) < 4.78 is 0. The van der Waals surface area contributed by atoms with Crippen LogP contribution in [0.5, 0.6) is 0 Å².